The van der Waals surface area contributed by atoms with Crippen molar-refractivity contribution in [1.29, 1.82) is 0 Å². The van der Waals surface area contributed by atoms with Gasteiger partial charge in [0.05, 0.1) is 11.4 Å². The lowest BCUT2D eigenvalue weighted by atomic mass is 9.90. The molecule has 0 atom stereocenters. The second-order valence-corrected chi connectivity index (χ2v) is 19.6. The molecule has 4 nitrogen and oxygen atoms in total. The molecule has 0 saturated carbocycles. The average molecular weight is 1010 g/mol. The Morgan fingerprint density at radius 3 is 0.810 bits per heavy atom. The molecule has 12 aromatic carbocycles. The number of aromatic nitrogens is 3. The molecule has 0 saturated heterocycles. The third-order valence-electron chi connectivity index (χ3n) is 14.6. The summed E-state index contributed by atoms with van der Waals surface area (Å²) >= 11 is 0. The van der Waals surface area contributed by atoms with E-state index in [1.165, 1.54) is 0 Å². The van der Waals surface area contributed by atoms with Gasteiger partial charge >= 0.3 is 0 Å². The minimum Gasteiger partial charge on any atom is -0.309 e. The largest absolute Gasteiger partial charge is 0.309 e. The van der Waals surface area contributed by atoms with E-state index in [2.05, 4.69) is 308 Å². The summed E-state index contributed by atoms with van der Waals surface area (Å²) in [5.74, 6) is 1.74. The van der Waals surface area contributed by atoms with Gasteiger partial charge in [-0.3, -0.25) is 0 Å². The van der Waals surface area contributed by atoms with Crippen LogP contribution in [0.4, 0.5) is 17.1 Å². The van der Waals surface area contributed by atoms with Gasteiger partial charge in [-0.1, -0.05) is 279 Å². The van der Waals surface area contributed by atoms with E-state index in [0.717, 1.165) is 112 Å². The van der Waals surface area contributed by atoms with Crippen LogP contribution in [-0.4, -0.2) is 15.0 Å². The van der Waals surface area contributed by atoms with E-state index >= 15 is 0 Å². The molecule has 13 aromatic rings. The van der Waals surface area contributed by atoms with Crippen LogP contribution in [0.1, 0.15) is 0 Å². The van der Waals surface area contributed by atoms with Crippen LogP contribution in [0.2, 0.25) is 0 Å². The maximum absolute atomic E-state index is 5.42. The van der Waals surface area contributed by atoms with Crippen LogP contribution in [0.15, 0.2) is 315 Å². The summed E-state index contributed by atoms with van der Waals surface area (Å²) in [4.78, 5) is 18.6. The van der Waals surface area contributed by atoms with E-state index in [4.69, 9.17) is 15.0 Å². The number of anilines is 3. The van der Waals surface area contributed by atoms with Crippen molar-refractivity contribution in [2.24, 2.45) is 0 Å². The van der Waals surface area contributed by atoms with Gasteiger partial charge in [-0.2, -0.15) is 0 Å². The average Bonchev–Trinajstić information content (AvgIpc) is 3.67. The van der Waals surface area contributed by atoms with Crippen LogP contribution < -0.4 is 4.90 Å². The highest BCUT2D eigenvalue weighted by Gasteiger charge is 2.27. The molecule has 0 bridgehead atoms. The fourth-order valence-corrected chi connectivity index (χ4v) is 10.5. The molecule has 0 spiro atoms. The van der Waals surface area contributed by atoms with Crippen LogP contribution in [0.3, 0.4) is 0 Å². The number of rotatable bonds is 13. The van der Waals surface area contributed by atoms with Crippen LogP contribution in [0.25, 0.3) is 112 Å². The lowest BCUT2D eigenvalue weighted by molar-refractivity contribution is 1.07. The van der Waals surface area contributed by atoms with Gasteiger partial charge in [0.1, 0.15) is 0 Å². The first-order chi connectivity index (χ1) is 39.2. The van der Waals surface area contributed by atoms with E-state index in [-0.39, 0.29) is 0 Å². The van der Waals surface area contributed by atoms with Crippen molar-refractivity contribution in [2.75, 3.05) is 4.90 Å². The highest BCUT2D eigenvalue weighted by Crippen LogP contribution is 2.51. The molecule has 0 unspecified atom stereocenters. The lowest BCUT2D eigenvalue weighted by Crippen LogP contribution is -2.14. The zero-order valence-electron chi connectivity index (χ0n) is 43.3. The van der Waals surface area contributed by atoms with E-state index < -0.39 is 0 Å². The van der Waals surface area contributed by atoms with Gasteiger partial charge in [-0.25, -0.2) is 15.0 Å². The standard InChI is InChI=1S/C75H52N4/c1-8-22-53(23-9-1)57-36-40-63(41-37-57)73-76-74(64-42-38-58(39-43-64)54-24-10-2-11-25-54)78-75(77-73)66-51-69(61-32-18-6-19-33-61)72(70(52-66)62-34-20-7-21-35-62)79(67-47-44-59(45-48-67)55-26-12-3-13-27-55)71-49-46-65(56-28-14-4-15-29-56)50-68(71)60-30-16-5-17-31-60/h1-52H. The highest BCUT2D eigenvalue weighted by atomic mass is 15.2. The maximum Gasteiger partial charge on any atom is 0.164 e. The molecule has 0 N–H and O–H groups in total. The Balaban J connectivity index is 1.07. The fourth-order valence-electron chi connectivity index (χ4n) is 10.5. The summed E-state index contributed by atoms with van der Waals surface area (Å²) in [6.07, 6.45) is 0. The second kappa shape index (κ2) is 22.0. The van der Waals surface area contributed by atoms with Crippen molar-refractivity contribution >= 4 is 17.1 Å². The van der Waals surface area contributed by atoms with Crippen molar-refractivity contribution in [3.05, 3.63) is 315 Å². The van der Waals surface area contributed by atoms with Gasteiger partial charge in [0, 0.05) is 39.1 Å². The van der Waals surface area contributed by atoms with Gasteiger partial charge in [-0.05, 0) is 97.6 Å². The molecule has 0 amide bonds. The quantitative estimate of drug-likeness (QED) is 0.115. The van der Waals surface area contributed by atoms with E-state index in [1.54, 1.807) is 0 Å². The third kappa shape index (κ3) is 10.2. The van der Waals surface area contributed by atoms with Crippen molar-refractivity contribution in [3.8, 4) is 112 Å². The Morgan fingerprint density at radius 1 is 0.190 bits per heavy atom. The predicted octanol–water partition coefficient (Wildman–Crippen LogP) is 20.0. The molecule has 1 aromatic heterocycles. The molecular weight excluding hydrogens is 957 g/mol. The first kappa shape index (κ1) is 48.1. The smallest absolute Gasteiger partial charge is 0.164 e. The Labute approximate surface area is 462 Å². The summed E-state index contributed by atoms with van der Waals surface area (Å²) in [5, 5.41) is 0. The third-order valence-corrected chi connectivity index (χ3v) is 14.6. The number of nitrogens with zero attached hydrogens (tertiary/aromatic N) is 4. The Morgan fingerprint density at radius 2 is 0.443 bits per heavy atom. The Bertz CT molecular complexity index is 4000. The normalized spacial score (nSPS) is 11.0. The van der Waals surface area contributed by atoms with Gasteiger partial charge in [-0.15, -0.1) is 0 Å². The van der Waals surface area contributed by atoms with Crippen LogP contribution in [0.5, 0.6) is 0 Å². The molecule has 372 valence electrons. The van der Waals surface area contributed by atoms with Crippen LogP contribution in [0, 0.1) is 0 Å². The topological polar surface area (TPSA) is 41.9 Å². The minimum absolute atomic E-state index is 0.566. The second-order valence-electron chi connectivity index (χ2n) is 19.6. The number of hydrogen-bond donors (Lipinski definition) is 0. The molecule has 4 heteroatoms. The molecule has 0 aliphatic heterocycles. The molecule has 0 radical (unpaired) electrons. The fraction of sp³-hybridized carbons (Fsp3) is 0. The zero-order chi connectivity index (χ0) is 52.7. The SMILES string of the molecule is c1ccc(-c2ccc(-c3nc(-c4ccc(-c5ccccc5)cc4)nc(-c4cc(-c5ccccc5)c(N(c5ccc(-c6ccccc6)cc5)c5ccc(-c6ccccc6)cc5-c5ccccc5)c(-c5ccccc5)c4)n3)cc2)cc1. The summed E-state index contributed by atoms with van der Waals surface area (Å²) in [6.45, 7) is 0. The minimum atomic E-state index is 0.566. The monoisotopic (exact) mass is 1010 g/mol. The Hall–Kier alpha value is -10.6. The summed E-state index contributed by atoms with van der Waals surface area (Å²) < 4.78 is 0. The van der Waals surface area contributed by atoms with Crippen molar-refractivity contribution in [1.82, 2.24) is 15.0 Å². The van der Waals surface area contributed by atoms with Crippen molar-refractivity contribution < 1.29 is 0 Å². The van der Waals surface area contributed by atoms with Crippen LogP contribution >= 0.6 is 0 Å². The van der Waals surface area contributed by atoms with Crippen molar-refractivity contribution in [3.63, 3.8) is 0 Å². The number of hydrogen-bond acceptors (Lipinski definition) is 4. The molecular formula is C75H52N4. The van der Waals surface area contributed by atoms with E-state index in [1.807, 2.05) is 12.1 Å². The lowest BCUT2D eigenvalue weighted by Gasteiger charge is -2.33. The highest BCUT2D eigenvalue weighted by molar-refractivity contribution is 6.03. The van der Waals surface area contributed by atoms with Gasteiger partial charge < -0.3 is 4.90 Å². The molecule has 0 fully saturated rings. The molecule has 79 heavy (non-hydrogen) atoms. The van der Waals surface area contributed by atoms with Crippen LogP contribution in [-0.2, 0) is 0 Å². The molecule has 13 rings (SSSR count). The molecule has 0 aliphatic carbocycles. The van der Waals surface area contributed by atoms with E-state index in [9.17, 15) is 0 Å². The Kier molecular flexibility index (Phi) is 13.4. The van der Waals surface area contributed by atoms with Gasteiger partial charge in [0.2, 0.25) is 0 Å². The summed E-state index contributed by atoms with van der Waals surface area (Å²) in [5.41, 5.74) is 21.2. The zero-order valence-corrected chi connectivity index (χ0v) is 43.3. The van der Waals surface area contributed by atoms with E-state index in [0.29, 0.717) is 17.5 Å². The number of benzene rings is 12. The van der Waals surface area contributed by atoms with Gasteiger partial charge in [0.15, 0.2) is 17.5 Å². The predicted molar refractivity (Wildman–Crippen MR) is 329 cm³/mol. The summed E-state index contributed by atoms with van der Waals surface area (Å²) in [7, 11) is 0. The maximum atomic E-state index is 5.42. The first-order valence-electron chi connectivity index (χ1n) is 26.7. The molecule has 1 heterocycles. The van der Waals surface area contributed by atoms with Gasteiger partial charge in [0.25, 0.3) is 0 Å². The first-order valence-corrected chi connectivity index (χ1v) is 26.7. The molecule has 0 aliphatic rings. The van der Waals surface area contributed by atoms with Crippen molar-refractivity contribution in [2.45, 2.75) is 0 Å². The summed E-state index contributed by atoms with van der Waals surface area (Å²) in [6, 6.07) is 112.